The molecule has 7 nitrogen and oxygen atoms in total. The fraction of sp³-hybridized carbons (Fsp3) is 0.667. The molecule has 1 atom stereocenters. The maximum atomic E-state index is 11.8. The van der Waals surface area contributed by atoms with Gasteiger partial charge in [0.05, 0.1) is 12.1 Å². The number of nitrogens with zero attached hydrogens (tertiary/aromatic N) is 1. The SMILES string of the molecule is CCNC(=O)N(CC)C(C)COC(=O)C=CC(=O)OC(C)C. The van der Waals surface area contributed by atoms with Crippen molar-refractivity contribution < 1.29 is 23.9 Å². The number of hydrogen-bond acceptors (Lipinski definition) is 5. The third-order valence-corrected chi connectivity index (χ3v) is 2.64. The highest BCUT2D eigenvalue weighted by molar-refractivity contribution is 5.91. The minimum atomic E-state index is -0.653. The molecule has 1 N–H and O–H groups in total. The number of nitrogens with one attached hydrogen (secondary N) is 1. The number of rotatable bonds is 8. The zero-order valence-electron chi connectivity index (χ0n) is 13.9. The topological polar surface area (TPSA) is 84.9 Å². The number of urea groups is 1. The summed E-state index contributed by atoms with van der Waals surface area (Å²) in [5.74, 6) is -1.25. The summed E-state index contributed by atoms with van der Waals surface area (Å²) >= 11 is 0. The summed E-state index contributed by atoms with van der Waals surface area (Å²) in [5, 5.41) is 2.69. The predicted molar refractivity (Wildman–Crippen MR) is 82.2 cm³/mol. The molecule has 0 aromatic carbocycles. The van der Waals surface area contributed by atoms with Gasteiger partial charge in [0, 0.05) is 25.2 Å². The molecule has 0 saturated carbocycles. The van der Waals surface area contributed by atoms with Crippen LogP contribution >= 0.6 is 0 Å². The van der Waals surface area contributed by atoms with E-state index < -0.39 is 11.9 Å². The number of hydrogen-bond donors (Lipinski definition) is 1. The van der Waals surface area contributed by atoms with Crippen molar-refractivity contribution in [1.82, 2.24) is 10.2 Å². The number of carbonyl (C=O) groups excluding carboxylic acids is 3. The zero-order valence-corrected chi connectivity index (χ0v) is 13.9. The molecule has 7 heteroatoms. The second-order valence-electron chi connectivity index (χ2n) is 4.92. The fourth-order valence-electron chi connectivity index (χ4n) is 1.66. The number of likely N-dealkylation sites (N-methyl/N-ethyl adjacent to an activating group) is 1. The Morgan fingerprint density at radius 2 is 1.68 bits per heavy atom. The lowest BCUT2D eigenvalue weighted by atomic mass is 10.3. The van der Waals surface area contributed by atoms with Crippen molar-refractivity contribution in [3.05, 3.63) is 12.2 Å². The standard InChI is InChI=1S/C15H26N2O5/c1-6-16-15(20)17(7-2)12(5)10-21-13(18)8-9-14(19)22-11(3)4/h8-9,11-12H,6-7,10H2,1-5H3,(H,16,20). The second-order valence-corrected chi connectivity index (χ2v) is 4.92. The molecule has 0 bridgehead atoms. The predicted octanol–water partition coefficient (Wildman–Crippen LogP) is 1.48. The van der Waals surface area contributed by atoms with Crippen LogP contribution in [0.15, 0.2) is 12.2 Å². The van der Waals surface area contributed by atoms with Crippen molar-refractivity contribution in [2.45, 2.75) is 46.8 Å². The second kappa shape index (κ2) is 10.6. The van der Waals surface area contributed by atoms with Crippen molar-refractivity contribution in [2.24, 2.45) is 0 Å². The van der Waals surface area contributed by atoms with E-state index in [2.05, 4.69) is 5.32 Å². The molecule has 0 aromatic rings. The summed E-state index contributed by atoms with van der Waals surface area (Å²) in [5.41, 5.74) is 0. The summed E-state index contributed by atoms with van der Waals surface area (Å²) in [4.78, 5) is 36.1. The molecule has 0 heterocycles. The molecule has 0 aliphatic heterocycles. The van der Waals surface area contributed by atoms with Crippen LogP contribution in [0.3, 0.4) is 0 Å². The molecule has 0 aliphatic carbocycles. The molecule has 0 aliphatic rings. The first kappa shape index (κ1) is 19.9. The molecule has 0 spiro atoms. The van der Waals surface area contributed by atoms with E-state index in [0.717, 1.165) is 12.2 Å². The van der Waals surface area contributed by atoms with Gasteiger partial charge in [0.1, 0.15) is 6.61 Å². The van der Waals surface area contributed by atoms with E-state index in [1.807, 2.05) is 13.8 Å². The zero-order chi connectivity index (χ0) is 17.1. The Morgan fingerprint density at radius 1 is 1.09 bits per heavy atom. The minimum Gasteiger partial charge on any atom is -0.460 e. The lowest BCUT2D eigenvalue weighted by Crippen LogP contribution is -2.46. The summed E-state index contributed by atoms with van der Waals surface area (Å²) in [7, 11) is 0. The summed E-state index contributed by atoms with van der Waals surface area (Å²) in [6.07, 6.45) is 1.79. The highest BCUT2D eigenvalue weighted by atomic mass is 16.5. The third kappa shape index (κ3) is 8.28. The Bertz CT molecular complexity index is 407. The van der Waals surface area contributed by atoms with Gasteiger partial charge in [0.25, 0.3) is 0 Å². The Hall–Kier alpha value is -2.05. The highest BCUT2D eigenvalue weighted by Gasteiger charge is 2.18. The summed E-state index contributed by atoms with van der Waals surface area (Å²) in [6.45, 7) is 9.96. The van der Waals surface area contributed by atoms with E-state index in [0.29, 0.717) is 13.1 Å². The smallest absolute Gasteiger partial charge is 0.331 e. The number of esters is 2. The van der Waals surface area contributed by atoms with Crippen molar-refractivity contribution in [3.63, 3.8) is 0 Å². The maximum Gasteiger partial charge on any atom is 0.331 e. The molecule has 2 amide bonds. The minimum absolute atomic E-state index is 0.0490. The quantitative estimate of drug-likeness (QED) is 0.542. The molecule has 0 saturated heterocycles. The average molecular weight is 314 g/mol. The van der Waals surface area contributed by atoms with E-state index in [9.17, 15) is 14.4 Å². The van der Waals surface area contributed by atoms with E-state index in [1.54, 1.807) is 25.7 Å². The van der Waals surface area contributed by atoms with E-state index >= 15 is 0 Å². The van der Waals surface area contributed by atoms with Gasteiger partial charge in [-0.25, -0.2) is 14.4 Å². The molecule has 0 rings (SSSR count). The van der Waals surface area contributed by atoms with Crippen LogP contribution in [0, 0.1) is 0 Å². The van der Waals surface area contributed by atoms with E-state index in [4.69, 9.17) is 9.47 Å². The van der Waals surface area contributed by atoms with Crippen LogP contribution in [0.5, 0.6) is 0 Å². The first-order valence-electron chi connectivity index (χ1n) is 7.41. The number of ether oxygens (including phenoxy) is 2. The molecular weight excluding hydrogens is 288 g/mol. The van der Waals surface area contributed by atoms with Crippen LogP contribution < -0.4 is 5.32 Å². The van der Waals surface area contributed by atoms with Gasteiger partial charge >= 0.3 is 18.0 Å². The van der Waals surface area contributed by atoms with Gasteiger partial charge in [-0.15, -0.1) is 0 Å². The molecule has 126 valence electrons. The first-order valence-corrected chi connectivity index (χ1v) is 7.41. The molecule has 0 fully saturated rings. The molecular formula is C15H26N2O5. The van der Waals surface area contributed by atoms with Gasteiger partial charge in [-0.2, -0.15) is 0 Å². The highest BCUT2D eigenvalue weighted by Crippen LogP contribution is 2.01. The molecule has 1 unspecified atom stereocenters. The fourth-order valence-corrected chi connectivity index (χ4v) is 1.66. The van der Waals surface area contributed by atoms with Gasteiger partial charge in [0.15, 0.2) is 0 Å². The van der Waals surface area contributed by atoms with Crippen molar-refractivity contribution in [2.75, 3.05) is 19.7 Å². The van der Waals surface area contributed by atoms with Crippen LogP contribution in [-0.4, -0.2) is 54.7 Å². The van der Waals surface area contributed by atoms with Crippen LogP contribution in [-0.2, 0) is 19.1 Å². The van der Waals surface area contributed by atoms with Gasteiger partial charge in [-0.3, -0.25) is 0 Å². The van der Waals surface area contributed by atoms with Gasteiger partial charge in [-0.1, -0.05) is 0 Å². The number of amides is 2. The van der Waals surface area contributed by atoms with Crippen LogP contribution in [0.1, 0.15) is 34.6 Å². The Balaban J connectivity index is 4.30. The summed E-state index contributed by atoms with van der Waals surface area (Å²) < 4.78 is 9.86. The first-order chi connectivity index (χ1) is 10.3. The van der Waals surface area contributed by atoms with Crippen LogP contribution in [0.25, 0.3) is 0 Å². The lowest BCUT2D eigenvalue weighted by Gasteiger charge is -2.27. The van der Waals surface area contributed by atoms with Crippen molar-refractivity contribution in [1.29, 1.82) is 0 Å². The van der Waals surface area contributed by atoms with Gasteiger partial charge < -0.3 is 19.7 Å². The van der Waals surface area contributed by atoms with Crippen LogP contribution in [0.4, 0.5) is 4.79 Å². The normalized spacial score (nSPS) is 12.1. The molecule has 0 aromatic heterocycles. The molecule has 22 heavy (non-hydrogen) atoms. The lowest BCUT2D eigenvalue weighted by molar-refractivity contribution is -0.143. The van der Waals surface area contributed by atoms with Crippen molar-refractivity contribution >= 4 is 18.0 Å². The van der Waals surface area contributed by atoms with E-state index in [1.165, 1.54) is 0 Å². The molecule has 0 radical (unpaired) electrons. The maximum absolute atomic E-state index is 11.8. The monoisotopic (exact) mass is 314 g/mol. The Labute approximate surface area is 131 Å². The Morgan fingerprint density at radius 3 is 2.18 bits per heavy atom. The van der Waals surface area contributed by atoms with Crippen LogP contribution in [0.2, 0.25) is 0 Å². The summed E-state index contributed by atoms with van der Waals surface area (Å²) in [6, 6.07) is -0.471. The van der Waals surface area contributed by atoms with Gasteiger partial charge in [0.2, 0.25) is 0 Å². The Kier molecular flexibility index (Phi) is 9.65. The largest absolute Gasteiger partial charge is 0.460 e. The third-order valence-electron chi connectivity index (χ3n) is 2.64. The average Bonchev–Trinajstić information content (AvgIpc) is 2.43. The van der Waals surface area contributed by atoms with Gasteiger partial charge in [-0.05, 0) is 34.6 Å². The van der Waals surface area contributed by atoms with Crippen molar-refractivity contribution in [3.8, 4) is 0 Å². The van der Waals surface area contributed by atoms with E-state index in [-0.39, 0.29) is 24.8 Å². The number of carbonyl (C=O) groups is 3.